The van der Waals surface area contributed by atoms with Crippen molar-refractivity contribution in [1.29, 1.82) is 0 Å². The minimum Gasteiger partial charge on any atom is -0.480 e. The van der Waals surface area contributed by atoms with Gasteiger partial charge in [-0.15, -0.1) is 23.1 Å². The summed E-state index contributed by atoms with van der Waals surface area (Å²) < 4.78 is 5.10. The molecule has 2 aliphatic heterocycles. The molecule has 2 unspecified atom stereocenters. The first-order valence-corrected chi connectivity index (χ1v) is 9.54. The van der Waals surface area contributed by atoms with E-state index in [-0.39, 0.29) is 22.6 Å². The number of nitrogens with one attached hydrogen (secondary N) is 2. The fourth-order valence-corrected chi connectivity index (χ4v) is 4.46. The zero-order chi connectivity index (χ0) is 19.7. The molecule has 13 heteroatoms. The number of oxime groups is 1. The average Bonchev–Trinajstić information content (AvgIpc) is 3.16. The van der Waals surface area contributed by atoms with Crippen LogP contribution in [0.2, 0.25) is 0 Å². The van der Waals surface area contributed by atoms with Crippen LogP contribution in [0, 0.1) is 0 Å². The molecule has 3 heterocycles. The topological polar surface area (TPSA) is 176 Å². The van der Waals surface area contributed by atoms with Crippen molar-refractivity contribution in [3.8, 4) is 0 Å². The number of ether oxygens (including phenoxy) is 1. The van der Waals surface area contributed by atoms with E-state index >= 15 is 0 Å². The number of hydrogen-bond donors (Lipinski definition) is 5. The molecule has 0 fully saturated rings. The normalized spacial score (nSPS) is 23.3. The van der Waals surface area contributed by atoms with E-state index in [2.05, 4.69) is 20.8 Å². The minimum atomic E-state index is -1.41. The van der Waals surface area contributed by atoms with Gasteiger partial charge in [0.05, 0.1) is 0 Å². The van der Waals surface area contributed by atoms with E-state index in [1.54, 1.807) is 6.92 Å². The summed E-state index contributed by atoms with van der Waals surface area (Å²) in [5.74, 6) is -2.45. The van der Waals surface area contributed by atoms with Gasteiger partial charge in [-0.1, -0.05) is 5.16 Å². The molecule has 0 aliphatic carbocycles. The lowest BCUT2D eigenvalue weighted by Gasteiger charge is -2.29. The van der Waals surface area contributed by atoms with Crippen LogP contribution in [0.15, 0.2) is 21.8 Å². The van der Waals surface area contributed by atoms with E-state index in [1.165, 1.54) is 17.1 Å². The van der Waals surface area contributed by atoms with Crippen molar-refractivity contribution >= 4 is 51.8 Å². The maximum absolute atomic E-state index is 12.4. The molecule has 1 aromatic heterocycles. The van der Waals surface area contributed by atoms with Gasteiger partial charge in [-0.2, -0.15) is 0 Å². The molecule has 3 atom stereocenters. The smallest absolute Gasteiger partial charge is 0.355 e. The third kappa shape index (κ3) is 3.68. The van der Waals surface area contributed by atoms with Gasteiger partial charge in [0.2, 0.25) is 0 Å². The number of cyclic esters (lactones) is 1. The largest absolute Gasteiger partial charge is 0.480 e. The molecule has 0 saturated carbocycles. The number of rotatable bonds is 5. The maximum Gasteiger partial charge on any atom is 0.355 e. The third-order valence-electron chi connectivity index (χ3n) is 3.94. The van der Waals surface area contributed by atoms with Crippen LogP contribution in [-0.4, -0.2) is 62.1 Å². The van der Waals surface area contributed by atoms with Gasteiger partial charge in [0.15, 0.2) is 16.9 Å². The Morgan fingerprint density at radius 3 is 2.89 bits per heavy atom. The van der Waals surface area contributed by atoms with Crippen LogP contribution >= 0.6 is 23.1 Å². The van der Waals surface area contributed by atoms with Crippen LogP contribution in [0.25, 0.3) is 0 Å². The lowest BCUT2D eigenvalue weighted by molar-refractivity contribution is -0.142. The van der Waals surface area contributed by atoms with Crippen LogP contribution < -0.4 is 16.4 Å². The number of thioether (sulfide) groups is 1. The summed E-state index contributed by atoms with van der Waals surface area (Å²) in [5.41, 5.74) is 6.00. The molecule has 0 aromatic carbocycles. The monoisotopic (exact) mass is 413 g/mol. The predicted molar refractivity (Wildman–Crippen MR) is 96.4 cm³/mol. The van der Waals surface area contributed by atoms with Crippen molar-refractivity contribution in [2.75, 3.05) is 11.5 Å². The Balaban J connectivity index is 1.77. The first-order chi connectivity index (χ1) is 12.8. The Morgan fingerprint density at radius 1 is 1.56 bits per heavy atom. The molecule has 0 bridgehead atoms. The molecular weight excluding hydrogens is 398 g/mol. The van der Waals surface area contributed by atoms with Crippen molar-refractivity contribution < 1.29 is 29.4 Å². The van der Waals surface area contributed by atoms with E-state index in [9.17, 15) is 19.5 Å². The minimum absolute atomic E-state index is 0.0177. The number of carboxylic acids is 1. The van der Waals surface area contributed by atoms with E-state index < -0.39 is 35.0 Å². The second kappa shape index (κ2) is 7.44. The first-order valence-electron chi connectivity index (χ1n) is 7.61. The zero-order valence-corrected chi connectivity index (χ0v) is 15.5. The van der Waals surface area contributed by atoms with Gasteiger partial charge in [-0.25, -0.2) is 14.6 Å². The summed E-state index contributed by atoms with van der Waals surface area (Å²) in [7, 11) is 0. The highest BCUT2D eigenvalue weighted by Gasteiger charge is 2.41. The van der Waals surface area contributed by atoms with Crippen molar-refractivity contribution in [2.24, 2.45) is 5.16 Å². The second-order valence-electron chi connectivity index (χ2n) is 5.63. The van der Waals surface area contributed by atoms with Crippen LogP contribution in [0.5, 0.6) is 0 Å². The van der Waals surface area contributed by atoms with E-state index in [4.69, 9.17) is 15.7 Å². The highest BCUT2D eigenvalue weighted by atomic mass is 32.2. The average molecular weight is 413 g/mol. The van der Waals surface area contributed by atoms with Crippen molar-refractivity contribution in [1.82, 2.24) is 15.6 Å². The zero-order valence-electron chi connectivity index (χ0n) is 13.8. The number of carbonyl (C=O) groups is 3. The Bertz CT molecular complexity index is 866. The summed E-state index contributed by atoms with van der Waals surface area (Å²) in [6.45, 7) is 1.73. The third-order valence-corrected chi connectivity index (χ3v) is 5.84. The number of aromatic nitrogens is 1. The molecule has 144 valence electrons. The molecule has 6 N–H and O–H groups in total. The van der Waals surface area contributed by atoms with Crippen molar-refractivity contribution in [3.05, 3.63) is 22.3 Å². The van der Waals surface area contributed by atoms with E-state index in [0.717, 1.165) is 16.9 Å². The van der Waals surface area contributed by atoms with Gasteiger partial charge in [0, 0.05) is 16.7 Å². The Morgan fingerprint density at radius 2 is 2.30 bits per heavy atom. The van der Waals surface area contributed by atoms with Gasteiger partial charge < -0.3 is 31.4 Å². The summed E-state index contributed by atoms with van der Waals surface area (Å²) in [6.07, 6.45) is -0.380. The molecule has 0 saturated heterocycles. The Hall–Kier alpha value is -2.80. The second-order valence-corrected chi connectivity index (χ2v) is 7.65. The lowest BCUT2D eigenvalue weighted by Crippen LogP contribution is -2.55. The fraction of sp³-hybridized carbons (Fsp3) is 0.357. The maximum atomic E-state index is 12.4. The molecule has 3 rings (SSSR count). The van der Waals surface area contributed by atoms with Gasteiger partial charge in [0.1, 0.15) is 22.9 Å². The molecular formula is C14H15N5O6S2. The molecule has 27 heavy (non-hydrogen) atoms. The number of esters is 1. The number of anilines is 1. The van der Waals surface area contributed by atoms with Crippen molar-refractivity contribution in [2.45, 2.75) is 24.4 Å². The fourth-order valence-electron chi connectivity index (χ4n) is 2.60. The number of carbonyl (C=O) groups excluding carboxylic acids is 2. The predicted octanol–water partition coefficient (Wildman–Crippen LogP) is -0.665. The van der Waals surface area contributed by atoms with Crippen LogP contribution in [-0.2, 0) is 19.1 Å². The molecule has 11 nitrogen and oxygen atoms in total. The summed E-state index contributed by atoms with van der Waals surface area (Å²) in [6, 6.07) is -1.41. The number of nitrogen functional groups attached to an aromatic ring is 1. The lowest BCUT2D eigenvalue weighted by atomic mass is 10.1. The summed E-state index contributed by atoms with van der Waals surface area (Å²) in [4.78, 5) is 39.8. The molecule has 2 aliphatic rings. The number of carboxylic acid groups (broad SMARTS) is 1. The number of nitrogens with zero attached hydrogens (tertiary/aromatic N) is 2. The Kier molecular flexibility index (Phi) is 5.23. The van der Waals surface area contributed by atoms with Gasteiger partial charge >= 0.3 is 11.9 Å². The van der Waals surface area contributed by atoms with Crippen LogP contribution in [0.3, 0.4) is 0 Å². The molecule has 1 aromatic rings. The summed E-state index contributed by atoms with van der Waals surface area (Å²) in [5, 5.41) is 27.4. The quantitative estimate of drug-likeness (QED) is 0.180. The highest BCUT2D eigenvalue weighted by Crippen LogP contribution is 2.32. The van der Waals surface area contributed by atoms with Gasteiger partial charge in [-0.3, -0.25) is 4.79 Å². The summed E-state index contributed by atoms with van der Waals surface area (Å²) >= 11 is 2.24. The number of nitrogens with two attached hydrogens (primary N) is 1. The Labute approximate surface area is 160 Å². The van der Waals surface area contributed by atoms with Gasteiger partial charge in [0.25, 0.3) is 5.91 Å². The van der Waals surface area contributed by atoms with Crippen LogP contribution in [0.1, 0.15) is 12.6 Å². The van der Waals surface area contributed by atoms with E-state index in [0.29, 0.717) is 5.75 Å². The first kappa shape index (κ1) is 19.0. The van der Waals surface area contributed by atoms with E-state index in [1.807, 2.05) is 0 Å². The van der Waals surface area contributed by atoms with Crippen LogP contribution in [0.4, 0.5) is 5.13 Å². The molecule has 0 radical (unpaired) electrons. The number of aliphatic carboxylic acids is 1. The molecule has 0 spiro atoms. The highest BCUT2D eigenvalue weighted by molar-refractivity contribution is 8.00. The number of hydrogen-bond acceptors (Lipinski definition) is 11. The van der Waals surface area contributed by atoms with Gasteiger partial charge in [-0.05, 0) is 6.92 Å². The van der Waals surface area contributed by atoms with Crippen molar-refractivity contribution in [3.63, 3.8) is 0 Å². The number of amides is 1. The molecule has 1 amide bonds. The standard InChI is InChI=1S/C14H15N5O6S2/c1-4-5-2-26-11(18-7(5)13(23)25-4)9(12(21)22)17-10(20)8(19-24)6-3-27-14(15)16-6/h3-4,9,11,18,24H,2H2,1H3,(H2,15,16)(H,17,20)(H,21,22)/b19-8+/t4?,9-,11?/m0/s1. The SMILES string of the molecule is CC1OC(=O)C2=C1CSC([C@H](NC(=O)/C(=N/O)c1csc(N)n1)C(=O)O)N2. The number of thiazole rings is 1.